The van der Waals surface area contributed by atoms with Crippen LogP contribution in [-0.2, 0) is 4.79 Å². The standard InChI is InChI=1S/C10H20N2OS/c1-8(9(11)13)12-5-4-10(2,3)14-7-6-12/h8H,4-7H2,1-3H3,(H2,11,13). The van der Waals surface area contributed by atoms with Gasteiger partial charge in [-0.15, -0.1) is 0 Å². The van der Waals surface area contributed by atoms with Crippen LogP contribution in [0.25, 0.3) is 0 Å². The zero-order chi connectivity index (χ0) is 10.8. The molecule has 0 saturated carbocycles. The zero-order valence-corrected chi connectivity index (χ0v) is 10.1. The van der Waals surface area contributed by atoms with Crippen molar-refractivity contribution in [3.63, 3.8) is 0 Å². The highest BCUT2D eigenvalue weighted by Gasteiger charge is 2.27. The number of rotatable bonds is 2. The van der Waals surface area contributed by atoms with Crippen molar-refractivity contribution >= 4 is 17.7 Å². The van der Waals surface area contributed by atoms with Crippen molar-refractivity contribution in [2.24, 2.45) is 5.73 Å². The van der Waals surface area contributed by atoms with Crippen LogP contribution in [0.1, 0.15) is 27.2 Å². The molecular formula is C10H20N2OS. The summed E-state index contributed by atoms with van der Waals surface area (Å²) in [4.78, 5) is 13.2. The van der Waals surface area contributed by atoms with E-state index in [-0.39, 0.29) is 11.9 Å². The molecule has 2 N–H and O–H groups in total. The van der Waals surface area contributed by atoms with Crippen molar-refractivity contribution in [1.82, 2.24) is 4.90 Å². The fraction of sp³-hybridized carbons (Fsp3) is 0.900. The molecule has 0 radical (unpaired) electrons. The third-order valence-corrected chi connectivity index (χ3v) is 4.20. The summed E-state index contributed by atoms with van der Waals surface area (Å²) < 4.78 is 0.339. The summed E-state index contributed by atoms with van der Waals surface area (Å²) in [5.74, 6) is 0.875. The van der Waals surface area contributed by atoms with E-state index < -0.39 is 0 Å². The summed E-state index contributed by atoms with van der Waals surface area (Å²) >= 11 is 1.98. The Hall–Kier alpha value is -0.220. The lowest BCUT2D eigenvalue weighted by Crippen LogP contribution is -2.43. The van der Waals surface area contributed by atoms with E-state index in [1.807, 2.05) is 18.7 Å². The van der Waals surface area contributed by atoms with Crippen molar-refractivity contribution in [1.29, 1.82) is 0 Å². The van der Waals surface area contributed by atoms with Crippen molar-refractivity contribution in [2.45, 2.75) is 38.0 Å². The number of nitrogens with zero attached hydrogens (tertiary/aromatic N) is 1. The maximum absolute atomic E-state index is 11.0. The maximum atomic E-state index is 11.0. The van der Waals surface area contributed by atoms with E-state index in [1.165, 1.54) is 0 Å². The van der Waals surface area contributed by atoms with Crippen LogP contribution in [0.3, 0.4) is 0 Å². The smallest absolute Gasteiger partial charge is 0.234 e. The second-order valence-corrected chi connectivity index (χ2v) is 6.27. The first-order chi connectivity index (χ1) is 6.42. The fourth-order valence-corrected chi connectivity index (χ4v) is 2.72. The largest absolute Gasteiger partial charge is 0.368 e. The Morgan fingerprint density at radius 1 is 1.50 bits per heavy atom. The molecule has 1 heterocycles. The predicted octanol–water partition coefficient (Wildman–Crippen LogP) is 1.08. The van der Waals surface area contributed by atoms with Gasteiger partial charge in [-0.05, 0) is 13.3 Å². The summed E-state index contributed by atoms with van der Waals surface area (Å²) in [6.07, 6.45) is 1.12. The molecule has 1 atom stereocenters. The van der Waals surface area contributed by atoms with E-state index in [0.29, 0.717) is 4.75 Å². The number of primary amides is 1. The number of carbonyl (C=O) groups excluding carboxylic acids is 1. The Morgan fingerprint density at radius 3 is 2.71 bits per heavy atom. The molecule has 0 aromatic carbocycles. The van der Waals surface area contributed by atoms with E-state index in [4.69, 9.17) is 5.73 Å². The Morgan fingerprint density at radius 2 is 2.14 bits per heavy atom. The molecule has 0 aromatic heterocycles. The van der Waals surface area contributed by atoms with Crippen molar-refractivity contribution in [3.05, 3.63) is 0 Å². The third-order valence-electron chi connectivity index (χ3n) is 2.83. The SMILES string of the molecule is CC(C(N)=O)N1CCSC(C)(C)CC1. The molecule has 1 amide bonds. The second kappa shape index (κ2) is 4.53. The van der Waals surface area contributed by atoms with Gasteiger partial charge >= 0.3 is 0 Å². The van der Waals surface area contributed by atoms with Crippen LogP contribution in [0.4, 0.5) is 0 Å². The average Bonchev–Trinajstić information content (AvgIpc) is 2.25. The predicted molar refractivity (Wildman–Crippen MR) is 61.4 cm³/mol. The summed E-state index contributed by atoms with van der Waals surface area (Å²) in [7, 11) is 0. The van der Waals surface area contributed by atoms with Crippen LogP contribution in [0.2, 0.25) is 0 Å². The van der Waals surface area contributed by atoms with Gasteiger partial charge in [-0.3, -0.25) is 9.69 Å². The maximum Gasteiger partial charge on any atom is 0.234 e. The molecule has 1 unspecified atom stereocenters. The molecule has 0 bridgehead atoms. The van der Waals surface area contributed by atoms with Gasteiger partial charge in [0.15, 0.2) is 0 Å². The number of amides is 1. The molecule has 1 saturated heterocycles. The molecule has 3 nitrogen and oxygen atoms in total. The van der Waals surface area contributed by atoms with Gasteiger partial charge in [-0.1, -0.05) is 13.8 Å². The third kappa shape index (κ3) is 3.17. The van der Waals surface area contributed by atoms with Gasteiger partial charge < -0.3 is 5.73 Å². The van der Waals surface area contributed by atoms with Crippen LogP contribution in [0.5, 0.6) is 0 Å². The van der Waals surface area contributed by atoms with Crippen LogP contribution >= 0.6 is 11.8 Å². The first kappa shape index (κ1) is 11.9. The first-order valence-corrected chi connectivity index (χ1v) is 6.08. The van der Waals surface area contributed by atoms with Crippen molar-refractivity contribution in [3.8, 4) is 0 Å². The Bertz CT molecular complexity index is 218. The molecular weight excluding hydrogens is 196 g/mol. The average molecular weight is 216 g/mol. The number of carbonyl (C=O) groups is 1. The van der Waals surface area contributed by atoms with Crippen LogP contribution in [0, 0.1) is 0 Å². The van der Waals surface area contributed by atoms with E-state index in [2.05, 4.69) is 18.7 Å². The van der Waals surface area contributed by atoms with E-state index >= 15 is 0 Å². The molecule has 1 rings (SSSR count). The summed E-state index contributed by atoms with van der Waals surface area (Å²) in [6, 6.07) is -0.121. The highest BCUT2D eigenvalue weighted by molar-refractivity contribution is 8.00. The molecule has 4 heteroatoms. The normalized spacial score (nSPS) is 25.4. The van der Waals surface area contributed by atoms with Crippen LogP contribution in [-0.4, -0.2) is 40.4 Å². The summed E-state index contributed by atoms with van der Waals surface area (Å²) in [5, 5.41) is 0. The van der Waals surface area contributed by atoms with Crippen LogP contribution < -0.4 is 5.73 Å². The lowest BCUT2D eigenvalue weighted by Gasteiger charge is -2.25. The first-order valence-electron chi connectivity index (χ1n) is 5.10. The Labute approximate surface area is 90.4 Å². The number of nitrogens with two attached hydrogens (primary N) is 1. The minimum absolute atomic E-state index is 0.121. The van der Waals surface area contributed by atoms with E-state index in [1.54, 1.807) is 0 Å². The molecule has 82 valence electrons. The molecule has 0 aromatic rings. The quantitative estimate of drug-likeness (QED) is 0.751. The van der Waals surface area contributed by atoms with Crippen molar-refractivity contribution in [2.75, 3.05) is 18.8 Å². The fourth-order valence-electron chi connectivity index (χ4n) is 1.60. The van der Waals surface area contributed by atoms with Gasteiger partial charge in [-0.25, -0.2) is 0 Å². The monoisotopic (exact) mass is 216 g/mol. The van der Waals surface area contributed by atoms with Gasteiger partial charge in [0, 0.05) is 23.6 Å². The van der Waals surface area contributed by atoms with E-state index in [9.17, 15) is 4.79 Å². The number of hydrogen-bond donors (Lipinski definition) is 1. The van der Waals surface area contributed by atoms with Crippen LogP contribution in [0.15, 0.2) is 0 Å². The summed E-state index contributed by atoms with van der Waals surface area (Å²) in [5.41, 5.74) is 5.30. The Kier molecular flexibility index (Phi) is 3.84. The molecule has 1 aliphatic rings. The van der Waals surface area contributed by atoms with E-state index in [0.717, 1.165) is 25.3 Å². The van der Waals surface area contributed by atoms with Gasteiger partial charge in [0.2, 0.25) is 5.91 Å². The highest BCUT2D eigenvalue weighted by atomic mass is 32.2. The highest BCUT2D eigenvalue weighted by Crippen LogP contribution is 2.31. The topological polar surface area (TPSA) is 46.3 Å². The minimum atomic E-state index is -0.213. The van der Waals surface area contributed by atoms with Gasteiger partial charge in [0.05, 0.1) is 6.04 Å². The number of thioether (sulfide) groups is 1. The lowest BCUT2D eigenvalue weighted by atomic mass is 10.1. The second-order valence-electron chi connectivity index (χ2n) is 4.47. The molecule has 0 aliphatic carbocycles. The summed E-state index contributed by atoms with van der Waals surface area (Å²) in [6.45, 7) is 8.36. The van der Waals surface area contributed by atoms with Gasteiger partial charge in [-0.2, -0.15) is 11.8 Å². The Balaban J connectivity index is 2.54. The minimum Gasteiger partial charge on any atom is -0.368 e. The number of hydrogen-bond acceptors (Lipinski definition) is 3. The van der Waals surface area contributed by atoms with Gasteiger partial charge in [0.25, 0.3) is 0 Å². The lowest BCUT2D eigenvalue weighted by molar-refractivity contribution is -0.122. The molecule has 0 spiro atoms. The van der Waals surface area contributed by atoms with Gasteiger partial charge in [0.1, 0.15) is 0 Å². The molecule has 14 heavy (non-hydrogen) atoms. The van der Waals surface area contributed by atoms with Crippen molar-refractivity contribution < 1.29 is 4.79 Å². The molecule has 1 aliphatic heterocycles. The molecule has 1 fully saturated rings. The zero-order valence-electron chi connectivity index (χ0n) is 9.25.